The number of aromatic nitrogens is 2. The Labute approximate surface area is 115 Å². The van der Waals surface area contributed by atoms with Gasteiger partial charge in [-0.3, -0.25) is 4.40 Å². The second kappa shape index (κ2) is 4.61. The lowest BCUT2D eigenvalue weighted by Gasteiger charge is -2.23. The van der Waals surface area contributed by atoms with Crippen LogP contribution in [0.3, 0.4) is 0 Å². The van der Waals surface area contributed by atoms with Crippen LogP contribution in [0.5, 0.6) is 0 Å². The minimum Gasteiger partial charge on any atom is -0.357 e. The summed E-state index contributed by atoms with van der Waals surface area (Å²) in [6.45, 7) is 2.54. The van der Waals surface area contributed by atoms with E-state index in [1.165, 1.54) is 12.8 Å². The molecule has 3 rings (SSSR count). The fourth-order valence-electron chi connectivity index (χ4n) is 2.58. The summed E-state index contributed by atoms with van der Waals surface area (Å²) >= 11 is 12.3. The van der Waals surface area contributed by atoms with Gasteiger partial charge in [0.2, 0.25) is 0 Å². The molecule has 18 heavy (non-hydrogen) atoms. The van der Waals surface area contributed by atoms with Crippen LogP contribution in [-0.2, 0) is 6.54 Å². The van der Waals surface area contributed by atoms with E-state index in [-0.39, 0.29) is 0 Å². The fraction of sp³-hybridized carbons (Fsp3) is 0.417. The zero-order valence-corrected chi connectivity index (χ0v) is 11.4. The monoisotopic (exact) mass is 284 g/mol. The van der Waals surface area contributed by atoms with E-state index in [0.717, 1.165) is 30.0 Å². The number of pyridine rings is 1. The Balaban J connectivity index is 2.29. The maximum Gasteiger partial charge on any atom is 0.156 e. The van der Waals surface area contributed by atoms with Gasteiger partial charge in [-0.2, -0.15) is 0 Å². The Bertz CT molecular complexity index is 587. The van der Waals surface area contributed by atoms with Gasteiger partial charge in [-0.25, -0.2) is 4.98 Å². The van der Waals surface area contributed by atoms with Crippen molar-refractivity contribution in [3.8, 4) is 0 Å². The minimum atomic E-state index is 0.434. The topological polar surface area (TPSA) is 46.6 Å². The lowest BCUT2D eigenvalue weighted by Crippen LogP contribution is -2.23. The summed E-state index contributed by atoms with van der Waals surface area (Å²) in [4.78, 5) is 6.46. The smallest absolute Gasteiger partial charge is 0.156 e. The van der Waals surface area contributed by atoms with E-state index in [1.807, 2.05) is 10.5 Å². The van der Waals surface area contributed by atoms with Crippen LogP contribution in [0.25, 0.3) is 5.52 Å². The average Bonchev–Trinajstić information content (AvgIpc) is 2.99. The molecule has 0 bridgehead atoms. The summed E-state index contributed by atoms with van der Waals surface area (Å²) in [5.74, 6) is 1.08. The zero-order chi connectivity index (χ0) is 12.7. The number of imidazole rings is 1. The first-order chi connectivity index (χ1) is 8.72. The Morgan fingerprint density at radius 3 is 2.67 bits per heavy atom. The van der Waals surface area contributed by atoms with E-state index in [1.54, 1.807) is 6.33 Å². The molecular formula is C12H14Cl2N4. The molecule has 0 saturated carbocycles. The van der Waals surface area contributed by atoms with Gasteiger partial charge in [0.25, 0.3) is 0 Å². The van der Waals surface area contributed by atoms with Crippen LogP contribution in [-0.4, -0.2) is 22.5 Å². The Morgan fingerprint density at radius 2 is 2.00 bits per heavy atom. The molecule has 0 aliphatic carbocycles. The lowest BCUT2D eigenvalue weighted by atomic mass is 10.2. The summed E-state index contributed by atoms with van der Waals surface area (Å²) in [6, 6.07) is 1.90. The van der Waals surface area contributed by atoms with Gasteiger partial charge >= 0.3 is 0 Å². The molecule has 3 heterocycles. The number of anilines is 1. The third kappa shape index (κ3) is 1.76. The maximum absolute atomic E-state index is 6.25. The molecule has 96 valence electrons. The summed E-state index contributed by atoms with van der Waals surface area (Å²) in [6.07, 6.45) is 4.13. The summed E-state index contributed by atoms with van der Waals surface area (Å²) in [5.41, 5.74) is 7.63. The predicted molar refractivity (Wildman–Crippen MR) is 74.6 cm³/mol. The fourth-order valence-corrected chi connectivity index (χ4v) is 3.17. The second-order valence-electron chi connectivity index (χ2n) is 4.49. The van der Waals surface area contributed by atoms with Crippen molar-refractivity contribution in [3.05, 3.63) is 28.1 Å². The molecule has 1 aliphatic heterocycles. The number of nitrogens with two attached hydrogens (primary N) is 1. The molecule has 1 aliphatic rings. The second-order valence-corrected chi connectivity index (χ2v) is 5.26. The van der Waals surface area contributed by atoms with Gasteiger partial charge in [-0.05, 0) is 18.9 Å². The molecule has 0 spiro atoms. The quantitative estimate of drug-likeness (QED) is 0.922. The number of nitrogens with zero attached hydrogens (tertiary/aromatic N) is 3. The standard InChI is InChI=1S/C12H14Cl2N4/c13-9-5-8(6-15)12(17-3-1-2-4-17)18-7-16-11(14)10(9)18/h5,7H,1-4,6,15H2. The number of halogens is 2. The molecule has 2 N–H and O–H groups in total. The van der Waals surface area contributed by atoms with Gasteiger partial charge in [0.05, 0.1) is 5.02 Å². The highest BCUT2D eigenvalue weighted by molar-refractivity contribution is 6.39. The molecule has 0 unspecified atom stereocenters. The van der Waals surface area contributed by atoms with Crippen LogP contribution in [0.4, 0.5) is 5.82 Å². The molecule has 4 nitrogen and oxygen atoms in total. The number of fused-ring (bicyclic) bond motifs is 1. The van der Waals surface area contributed by atoms with Gasteiger partial charge in [-0.15, -0.1) is 0 Å². The summed E-state index contributed by atoms with van der Waals surface area (Å²) in [5, 5.41) is 1.03. The van der Waals surface area contributed by atoms with Crippen LogP contribution >= 0.6 is 23.2 Å². The molecule has 1 fully saturated rings. The van der Waals surface area contributed by atoms with Crippen molar-refractivity contribution >= 4 is 34.5 Å². The van der Waals surface area contributed by atoms with Crippen molar-refractivity contribution in [2.45, 2.75) is 19.4 Å². The van der Waals surface area contributed by atoms with Gasteiger partial charge in [0.1, 0.15) is 17.7 Å². The van der Waals surface area contributed by atoms with E-state index >= 15 is 0 Å². The Morgan fingerprint density at radius 1 is 1.28 bits per heavy atom. The third-order valence-electron chi connectivity index (χ3n) is 3.39. The van der Waals surface area contributed by atoms with Crippen LogP contribution in [0.15, 0.2) is 12.4 Å². The van der Waals surface area contributed by atoms with Crippen LogP contribution in [0.2, 0.25) is 10.2 Å². The van der Waals surface area contributed by atoms with Gasteiger partial charge in [-0.1, -0.05) is 23.2 Å². The molecule has 1 saturated heterocycles. The first kappa shape index (κ1) is 12.1. The highest BCUT2D eigenvalue weighted by Crippen LogP contribution is 2.33. The van der Waals surface area contributed by atoms with E-state index in [9.17, 15) is 0 Å². The van der Waals surface area contributed by atoms with E-state index in [0.29, 0.717) is 16.7 Å². The van der Waals surface area contributed by atoms with Gasteiger partial charge in [0, 0.05) is 25.2 Å². The minimum absolute atomic E-state index is 0.434. The number of rotatable bonds is 2. The number of hydrogen-bond donors (Lipinski definition) is 1. The van der Waals surface area contributed by atoms with Crippen molar-refractivity contribution in [2.75, 3.05) is 18.0 Å². The molecule has 0 aromatic carbocycles. The zero-order valence-electron chi connectivity index (χ0n) is 9.87. The normalized spacial score (nSPS) is 15.8. The van der Waals surface area contributed by atoms with Crippen molar-refractivity contribution in [1.29, 1.82) is 0 Å². The molecular weight excluding hydrogens is 271 g/mol. The van der Waals surface area contributed by atoms with Crippen molar-refractivity contribution in [1.82, 2.24) is 9.38 Å². The molecule has 2 aromatic heterocycles. The first-order valence-corrected chi connectivity index (χ1v) is 6.77. The van der Waals surface area contributed by atoms with E-state index in [2.05, 4.69) is 9.88 Å². The van der Waals surface area contributed by atoms with Crippen LogP contribution in [0.1, 0.15) is 18.4 Å². The Kier molecular flexibility index (Phi) is 3.09. The Hall–Kier alpha value is -0.970. The van der Waals surface area contributed by atoms with Crippen LogP contribution < -0.4 is 10.6 Å². The highest BCUT2D eigenvalue weighted by atomic mass is 35.5. The molecule has 2 aromatic rings. The van der Waals surface area contributed by atoms with Gasteiger partial charge < -0.3 is 10.6 Å². The lowest BCUT2D eigenvalue weighted by molar-refractivity contribution is 0.887. The molecule has 6 heteroatoms. The summed E-state index contributed by atoms with van der Waals surface area (Å²) < 4.78 is 1.96. The van der Waals surface area contributed by atoms with Gasteiger partial charge in [0.15, 0.2) is 5.15 Å². The SMILES string of the molecule is NCc1cc(Cl)c2c(Cl)ncn2c1N1CCCC1. The van der Waals surface area contributed by atoms with E-state index in [4.69, 9.17) is 28.9 Å². The third-order valence-corrected chi connectivity index (χ3v) is 3.96. The van der Waals surface area contributed by atoms with E-state index < -0.39 is 0 Å². The largest absolute Gasteiger partial charge is 0.357 e. The van der Waals surface area contributed by atoms with Crippen molar-refractivity contribution in [2.24, 2.45) is 5.73 Å². The molecule has 0 atom stereocenters. The molecule has 0 radical (unpaired) electrons. The van der Waals surface area contributed by atoms with Crippen molar-refractivity contribution in [3.63, 3.8) is 0 Å². The maximum atomic E-state index is 6.25. The van der Waals surface area contributed by atoms with Crippen molar-refractivity contribution < 1.29 is 0 Å². The average molecular weight is 285 g/mol. The number of hydrogen-bond acceptors (Lipinski definition) is 3. The summed E-state index contributed by atoms with van der Waals surface area (Å²) in [7, 11) is 0. The first-order valence-electron chi connectivity index (χ1n) is 6.01. The highest BCUT2D eigenvalue weighted by Gasteiger charge is 2.21. The van der Waals surface area contributed by atoms with Crippen LogP contribution in [0, 0.1) is 0 Å². The predicted octanol–water partition coefficient (Wildman–Crippen LogP) is 2.70. The molecule has 0 amide bonds.